The van der Waals surface area contributed by atoms with Crippen LogP contribution in [0.15, 0.2) is 35.7 Å². The third-order valence-corrected chi connectivity index (χ3v) is 7.25. The van der Waals surface area contributed by atoms with Crippen LogP contribution in [0.5, 0.6) is 0 Å². The van der Waals surface area contributed by atoms with Gasteiger partial charge in [0.15, 0.2) is 0 Å². The summed E-state index contributed by atoms with van der Waals surface area (Å²) in [5.41, 5.74) is 3.34. The molecule has 1 aromatic carbocycles. The summed E-state index contributed by atoms with van der Waals surface area (Å²) in [5.74, 6) is 0.0828. The van der Waals surface area contributed by atoms with Gasteiger partial charge in [0, 0.05) is 41.6 Å². The summed E-state index contributed by atoms with van der Waals surface area (Å²) in [6, 6.07) is 10.7. The maximum Gasteiger partial charge on any atom is 0.252 e. The molecule has 0 radical (unpaired) electrons. The zero-order valence-electron chi connectivity index (χ0n) is 16.6. The van der Waals surface area contributed by atoms with Crippen LogP contribution in [-0.2, 0) is 17.6 Å². The van der Waals surface area contributed by atoms with Crippen molar-refractivity contribution in [3.05, 3.63) is 57.3 Å². The standard InChI is InChI=1S/C23H30N2O2S/c1-17(18-7-3-2-4-8-18)25-23(11-13-27-14-12-23)16-24-22(26)20-15-28-21-10-6-5-9-19(20)21/h2-4,7-8,15,17,25H,5-6,9-14,16H2,1H3,(H,24,26)/t17-/m0/s1. The van der Waals surface area contributed by atoms with E-state index in [9.17, 15) is 4.79 Å². The minimum atomic E-state index is -0.126. The zero-order valence-corrected chi connectivity index (χ0v) is 17.4. The van der Waals surface area contributed by atoms with E-state index in [2.05, 4.69) is 47.2 Å². The molecule has 1 aliphatic heterocycles. The maximum absolute atomic E-state index is 13.0. The van der Waals surface area contributed by atoms with Gasteiger partial charge in [-0.2, -0.15) is 0 Å². The number of rotatable bonds is 6. The molecule has 4 nitrogen and oxygen atoms in total. The van der Waals surface area contributed by atoms with E-state index in [0.717, 1.165) is 44.5 Å². The van der Waals surface area contributed by atoms with E-state index in [0.29, 0.717) is 6.54 Å². The number of hydrogen-bond acceptors (Lipinski definition) is 4. The number of aryl methyl sites for hydroxylation is 1. The molecular weight excluding hydrogens is 368 g/mol. The molecule has 1 saturated heterocycles. The highest BCUT2D eigenvalue weighted by atomic mass is 32.1. The largest absolute Gasteiger partial charge is 0.381 e. The SMILES string of the molecule is C[C@H](NC1(CNC(=O)c2csc3c2CCCC3)CCOCC1)c1ccccc1. The first-order valence-electron chi connectivity index (χ1n) is 10.4. The van der Waals surface area contributed by atoms with Crippen LogP contribution in [0, 0.1) is 0 Å². The van der Waals surface area contributed by atoms with E-state index >= 15 is 0 Å². The van der Waals surface area contributed by atoms with E-state index in [1.54, 1.807) is 11.3 Å². The number of amides is 1. The molecule has 2 aromatic rings. The van der Waals surface area contributed by atoms with Crippen LogP contribution < -0.4 is 10.6 Å². The van der Waals surface area contributed by atoms with Crippen molar-refractivity contribution in [3.63, 3.8) is 0 Å². The van der Waals surface area contributed by atoms with Gasteiger partial charge >= 0.3 is 0 Å². The molecule has 1 aliphatic carbocycles. The second kappa shape index (κ2) is 8.76. The van der Waals surface area contributed by atoms with Crippen LogP contribution in [0.3, 0.4) is 0 Å². The molecular formula is C23H30N2O2S. The monoisotopic (exact) mass is 398 g/mol. The molecule has 4 rings (SSSR count). The molecule has 2 heterocycles. The minimum Gasteiger partial charge on any atom is -0.381 e. The van der Waals surface area contributed by atoms with Crippen LogP contribution in [0.2, 0.25) is 0 Å². The second-order valence-electron chi connectivity index (χ2n) is 8.11. The van der Waals surface area contributed by atoms with E-state index in [1.807, 2.05) is 6.07 Å². The smallest absolute Gasteiger partial charge is 0.252 e. The Kier molecular flexibility index (Phi) is 6.14. The number of fused-ring (bicyclic) bond motifs is 1. The summed E-state index contributed by atoms with van der Waals surface area (Å²) in [6.07, 6.45) is 6.44. The quantitative estimate of drug-likeness (QED) is 0.765. The summed E-state index contributed by atoms with van der Waals surface area (Å²) >= 11 is 1.75. The highest BCUT2D eigenvalue weighted by molar-refractivity contribution is 7.10. The van der Waals surface area contributed by atoms with Crippen molar-refractivity contribution in [2.75, 3.05) is 19.8 Å². The zero-order chi connectivity index (χ0) is 19.4. The Morgan fingerprint density at radius 3 is 2.71 bits per heavy atom. The van der Waals surface area contributed by atoms with Crippen LogP contribution in [0.1, 0.15) is 65.0 Å². The van der Waals surface area contributed by atoms with Gasteiger partial charge in [-0.05, 0) is 56.6 Å². The first kappa shape index (κ1) is 19.6. The molecule has 2 aliphatic rings. The van der Waals surface area contributed by atoms with Crippen molar-refractivity contribution in [3.8, 4) is 0 Å². The van der Waals surface area contributed by atoms with E-state index < -0.39 is 0 Å². The lowest BCUT2D eigenvalue weighted by atomic mass is 9.88. The summed E-state index contributed by atoms with van der Waals surface area (Å²) in [6.45, 7) is 4.30. The van der Waals surface area contributed by atoms with Gasteiger partial charge in [-0.15, -0.1) is 11.3 Å². The summed E-state index contributed by atoms with van der Waals surface area (Å²) in [5, 5.41) is 9.13. The summed E-state index contributed by atoms with van der Waals surface area (Å²) < 4.78 is 5.61. The molecule has 5 heteroatoms. The van der Waals surface area contributed by atoms with Crippen molar-refractivity contribution in [1.29, 1.82) is 0 Å². The third-order valence-electron chi connectivity index (χ3n) is 6.17. The summed E-state index contributed by atoms with van der Waals surface area (Å²) in [7, 11) is 0. The Bertz CT molecular complexity index is 796. The number of nitrogens with one attached hydrogen (secondary N) is 2. The van der Waals surface area contributed by atoms with Crippen LogP contribution >= 0.6 is 11.3 Å². The van der Waals surface area contributed by atoms with Crippen molar-refractivity contribution in [1.82, 2.24) is 10.6 Å². The molecule has 1 atom stereocenters. The summed E-state index contributed by atoms with van der Waals surface area (Å²) in [4.78, 5) is 14.4. The molecule has 1 aromatic heterocycles. The van der Waals surface area contributed by atoms with Gasteiger partial charge in [-0.25, -0.2) is 0 Å². The first-order valence-corrected chi connectivity index (χ1v) is 11.3. The number of carbonyl (C=O) groups is 1. The third kappa shape index (κ3) is 4.32. The van der Waals surface area contributed by atoms with Gasteiger partial charge in [0.2, 0.25) is 0 Å². The fourth-order valence-corrected chi connectivity index (χ4v) is 5.57. The normalized spacial score (nSPS) is 19.6. The molecule has 0 saturated carbocycles. The Hall–Kier alpha value is -1.69. The lowest BCUT2D eigenvalue weighted by molar-refractivity contribution is 0.0332. The Morgan fingerprint density at radius 2 is 1.93 bits per heavy atom. The van der Waals surface area contributed by atoms with Crippen LogP contribution in [-0.4, -0.2) is 31.2 Å². The van der Waals surface area contributed by atoms with E-state index in [4.69, 9.17) is 4.74 Å². The molecule has 1 amide bonds. The minimum absolute atomic E-state index is 0.0828. The number of thiophene rings is 1. The van der Waals surface area contributed by atoms with E-state index in [1.165, 1.54) is 28.8 Å². The van der Waals surface area contributed by atoms with Crippen molar-refractivity contribution >= 4 is 17.2 Å². The van der Waals surface area contributed by atoms with Gasteiger partial charge in [0.1, 0.15) is 0 Å². The van der Waals surface area contributed by atoms with Crippen molar-refractivity contribution in [2.24, 2.45) is 0 Å². The Labute approximate surface area is 171 Å². The highest BCUT2D eigenvalue weighted by Gasteiger charge is 2.34. The Balaban J connectivity index is 1.44. The number of benzene rings is 1. The fraction of sp³-hybridized carbons (Fsp3) is 0.522. The predicted octanol–water partition coefficient (Wildman–Crippen LogP) is 4.26. The van der Waals surface area contributed by atoms with Crippen LogP contribution in [0.4, 0.5) is 0 Å². The number of ether oxygens (including phenoxy) is 1. The highest BCUT2D eigenvalue weighted by Crippen LogP contribution is 2.30. The van der Waals surface area contributed by atoms with Crippen LogP contribution in [0.25, 0.3) is 0 Å². The van der Waals surface area contributed by atoms with Gasteiger partial charge in [-0.3, -0.25) is 4.79 Å². The van der Waals surface area contributed by atoms with Crippen molar-refractivity contribution < 1.29 is 9.53 Å². The average molecular weight is 399 g/mol. The Morgan fingerprint density at radius 1 is 1.18 bits per heavy atom. The fourth-order valence-electron chi connectivity index (χ4n) is 4.45. The van der Waals surface area contributed by atoms with Gasteiger partial charge < -0.3 is 15.4 Å². The second-order valence-corrected chi connectivity index (χ2v) is 9.07. The molecule has 1 fully saturated rings. The van der Waals surface area contributed by atoms with Gasteiger partial charge in [0.25, 0.3) is 5.91 Å². The van der Waals surface area contributed by atoms with Gasteiger partial charge in [-0.1, -0.05) is 30.3 Å². The molecule has 0 spiro atoms. The molecule has 0 bridgehead atoms. The van der Waals surface area contributed by atoms with Crippen molar-refractivity contribution in [2.45, 2.75) is 57.0 Å². The molecule has 28 heavy (non-hydrogen) atoms. The molecule has 150 valence electrons. The molecule has 2 N–H and O–H groups in total. The average Bonchev–Trinajstić information content (AvgIpc) is 3.18. The topological polar surface area (TPSA) is 50.4 Å². The predicted molar refractivity (Wildman–Crippen MR) is 114 cm³/mol. The maximum atomic E-state index is 13.0. The van der Waals surface area contributed by atoms with E-state index in [-0.39, 0.29) is 17.5 Å². The lowest BCUT2D eigenvalue weighted by Gasteiger charge is -2.40. The molecule has 0 unspecified atom stereocenters. The number of carbonyl (C=O) groups excluding carboxylic acids is 1. The number of hydrogen-bond donors (Lipinski definition) is 2. The van der Waals surface area contributed by atoms with Gasteiger partial charge in [0.05, 0.1) is 5.56 Å². The lowest BCUT2D eigenvalue weighted by Crippen LogP contribution is -2.57. The first-order chi connectivity index (χ1) is 13.7.